The Labute approximate surface area is 132 Å². The second-order valence-electron chi connectivity index (χ2n) is 5.78. The number of aromatic nitrogens is 1. The highest BCUT2D eigenvalue weighted by Gasteiger charge is 2.09. The number of ether oxygens (including phenoxy) is 1. The first-order valence-electron chi connectivity index (χ1n) is 8.53. The molecule has 1 aromatic heterocycles. The van der Waals surface area contributed by atoms with Gasteiger partial charge in [0.1, 0.15) is 5.75 Å². The molecule has 3 nitrogen and oxygen atoms in total. The van der Waals surface area contributed by atoms with Gasteiger partial charge in [-0.3, -0.25) is 4.79 Å². The van der Waals surface area contributed by atoms with Crippen LogP contribution in [0.2, 0.25) is 0 Å². The minimum absolute atomic E-state index is 0.0377. The molecule has 0 N–H and O–H groups in total. The molecule has 0 fully saturated rings. The zero-order chi connectivity index (χ0) is 15.8. The molecule has 2 rings (SSSR count). The number of fused-ring (bicyclic) bond motifs is 1. The van der Waals surface area contributed by atoms with E-state index in [-0.39, 0.29) is 5.56 Å². The Hall–Kier alpha value is -1.77. The summed E-state index contributed by atoms with van der Waals surface area (Å²) in [6, 6.07) is 9.68. The van der Waals surface area contributed by atoms with Crippen LogP contribution in [0.1, 0.15) is 52.4 Å². The van der Waals surface area contributed by atoms with Crippen LogP contribution in [0.4, 0.5) is 0 Å². The van der Waals surface area contributed by atoms with Gasteiger partial charge < -0.3 is 9.30 Å². The van der Waals surface area contributed by atoms with Gasteiger partial charge in [0.2, 0.25) is 0 Å². The summed E-state index contributed by atoms with van der Waals surface area (Å²) in [5, 5.41) is 1.04. The van der Waals surface area contributed by atoms with Crippen LogP contribution in [0.25, 0.3) is 10.9 Å². The minimum Gasteiger partial charge on any atom is -0.493 e. The maximum atomic E-state index is 12.4. The third-order valence-corrected chi connectivity index (χ3v) is 3.97. The van der Waals surface area contributed by atoms with Crippen LogP contribution >= 0.6 is 0 Å². The smallest absolute Gasteiger partial charge is 0.254 e. The number of unbranched alkanes of at least 4 members (excludes halogenated alkanes) is 4. The Bertz CT molecular complexity index is 645. The number of rotatable bonds is 9. The molecule has 3 heteroatoms. The summed E-state index contributed by atoms with van der Waals surface area (Å²) in [5.41, 5.74) is 1.02. The number of hydrogen-bond donors (Lipinski definition) is 0. The molecule has 0 saturated carbocycles. The van der Waals surface area contributed by atoms with Crippen molar-refractivity contribution in [2.24, 2.45) is 0 Å². The zero-order valence-electron chi connectivity index (χ0n) is 13.8. The second-order valence-corrected chi connectivity index (χ2v) is 5.78. The van der Waals surface area contributed by atoms with Gasteiger partial charge in [-0.2, -0.15) is 0 Å². The van der Waals surface area contributed by atoms with E-state index in [2.05, 4.69) is 13.8 Å². The van der Waals surface area contributed by atoms with E-state index in [1.54, 1.807) is 6.07 Å². The topological polar surface area (TPSA) is 31.2 Å². The second kappa shape index (κ2) is 8.62. The number of nitrogens with zero attached hydrogens (tertiary/aromatic N) is 1. The molecule has 0 unspecified atom stereocenters. The van der Waals surface area contributed by atoms with E-state index in [1.807, 2.05) is 28.8 Å². The lowest BCUT2D eigenvalue weighted by molar-refractivity contribution is 0.307. The number of hydrogen-bond acceptors (Lipinski definition) is 2. The van der Waals surface area contributed by atoms with Gasteiger partial charge >= 0.3 is 0 Å². The highest BCUT2D eigenvalue weighted by molar-refractivity contribution is 5.85. The summed E-state index contributed by atoms with van der Waals surface area (Å²) in [4.78, 5) is 12.4. The monoisotopic (exact) mass is 301 g/mol. The number of para-hydroxylation sites is 1. The standard InChI is InChI=1S/C19H27NO2/c1-3-5-7-10-14-22-18-15-19(21)20(13-6-4-2)17-12-9-8-11-16(17)18/h8-9,11-12,15H,3-7,10,13-14H2,1-2H3. The Kier molecular flexibility index (Phi) is 6.50. The minimum atomic E-state index is 0.0377. The molecule has 0 radical (unpaired) electrons. The lowest BCUT2D eigenvalue weighted by Gasteiger charge is -2.14. The fourth-order valence-electron chi connectivity index (χ4n) is 2.68. The van der Waals surface area contributed by atoms with Crippen molar-refractivity contribution in [2.75, 3.05) is 6.61 Å². The van der Waals surface area contributed by atoms with Crippen molar-refractivity contribution in [1.29, 1.82) is 0 Å². The van der Waals surface area contributed by atoms with Gasteiger partial charge in [0, 0.05) is 18.0 Å². The highest BCUT2D eigenvalue weighted by Crippen LogP contribution is 2.24. The van der Waals surface area contributed by atoms with Crippen molar-refractivity contribution in [3.63, 3.8) is 0 Å². The summed E-state index contributed by atoms with van der Waals surface area (Å²) in [7, 11) is 0. The van der Waals surface area contributed by atoms with E-state index in [4.69, 9.17) is 4.74 Å². The van der Waals surface area contributed by atoms with Gasteiger partial charge in [0.15, 0.2) is 0 Å². The predicted molar refractivity (Wildman–Crippen MR) is 92.8 cm³/mol. The zero-order valence-corrected chi connectivity index (χ0v) is 13.8. The van der Waals surface area contributed by atoms with Crippen LogP contribution in [0.5, 0.6) is 5.75 Å². The van der Waals surface area contributed by atoms with Crippen molar-refractivity contribution in [3.8, 4) is 5.75 Å². The SMILES string of the molecule is CCCCCCOc1cc(=O)n(CCCC)c2ccccc12. The molecule has 1 aromatic carbocycles. The van der Waals surface area contributed by atoms with Gasteiger partial charge in [-0.1, -0.05) is 51.7 Å². The highest BCUT2D eigenvalue weighted by atomic mass is 16.5. The lowest BCUT2D eigenvalue weighted by atomic mass is 10.2. The van der Waals surface area contributed by atoms with Crippen LogP contribution in [-0.4, -0.2) is 11.2 Å². The average Bonchev–Trinajstić information content (AvgIpc) is 2.54. The molecule has 0 aliphatic rings. The van der Waals surface area contributed by atoms with Crippen LogP contribution in [0.3, 0.4) is 0 Å². The van der Waals surface area contributed by atoms with Crippen molar-refractivity contribution in [3.05, 3.63) is 40.7 Å². The largest absolute Gasteiger partial charge is 0.493 e. The van der Waals surface area contributed by atoms with Crippen LogP contribution < -0.4 is 10.3 Å². The van der Waals surface area contributed by atoms with Crippen molar-refractivity contribution in [2.45, 2.75) is 58.9 Å². The molecule has 0 saturated heterocycles. The van der Waals surface area contributed by atoms with E-state index >= 15 is 0 Å². The molecule has 120 valence electrons. The Morgan fingerprint density at radius 3 is 2.55 bits per heavy atom. The molecule has 1 heterocycles. The van der Waals surface area contributed by atoms with Gasteiger partial charge in [-0.05, 0) is 25.0 Å². The van der Waals surface area contributed by atoms with E-state index in [0.29, 0.717) is 6.61 Å². The van der Waals surface area contributed by atoms with Gasteiger partial charge in [-0.15, -0.1) is 0 Å². The molecule has 2 aromatic rings. The first-order chi connectivity index (χ1) is 10.8. The Morgan fingerprint density at radius 2 is 1.77 bits per heavy atom. The van der Waals surface area contributed by atoms with Crippen molar-refractivity contribution >= 4 is 10.9 Å². The van der Waals surface area contributed by atoms with Crippen LogP contribution in [-0.2, 0) is 6.54 Å². The number of aryl methyl sites for hydroxylation is 1. The summed E-state index contributed by atoms with van der Waals surface area (Å²) in [5.74, 6) is 0.727. The molecule has 0 amide bonds. The first kappa shape index (κ1) is 16.6. The molecular formula is C19H27NO2. The van der Waals surface area contributed by atoms with E-state index in [0.717, 1.165) is 42.5 Å². The predicted octanol–water partition coefficient (Wildman–Crippen LogP) is 4.76. The van der Waals surface area contributed by atoms with Crippen LogP contribution in [0, 0.1) is 0 Å². The first-order valence-corrected chi connectivity index (χ1v) is 8.53. The quantitative estimate of drug-likeness (QED) is 0.625. The lowest BCUT2D eigenvalue weighted by Crippen LogP contribution is -2.20. The van der Waals surface area contributed by atoms with E-state index < -0.39 is 0 Å². The summed E-state index contributed by atoms with van der Waals surface area (Å²) >= 11 is 0. The van der Waals surface area contributed by atoms with Gasteiger partial charge in [-0.25, -0.2) is 0 Å². The molecular weight excluding hydrogens is 274 g/mol. The maximum absolute atomic E-state index is 12.4. The molecule has 0 spiro atoms. The third-order valence-electron chi connectivity index (χ3n) is 3.97. The molecule has 0 atom stereocenters. The number of pyridine rings is 1. The van der Waals surface area contributed by atoms with Crippen molar-refractivity contribution in [1.82, 2.24) is 4.57 Å². The normalized spacial score (nSPS) is 11.0. The number of benzene rings is 1. The van der Waals surface area contributed by atoms with Gasteiger partial charge in [0.25, 0.3) is 5.56 Å². The summed E-state index contributed by atoms with van der Waals surface area (Å²) in [6.07, 6.45) is 6.78. The van der Waals surface area contributed by atoms with E-state index in [9.17, 15) is 4.79 Å². The van der Waals surface area contributed by atoms with Crippen molar-refractivity contribution < 1.29 is 4.74 Å². The van der Waals surface area contributed by atoms with Gasteiger partial charge in [0.05, 0.1) is 12.1 Å². The molecule has 22 heavy (non-hydrogen) atoms. The fourth-order valence-corrected chi connectivity index (χ4v) is 2.68. The molecule has 0 aliphatic carbocycles. The van der Waals surface area contributed by atoms with E-state index in [1.165, 1.54) is 19.3 Å². The maximum Gasteiger partial charge on any atom is 0.254 e. The summed E-state index contributed by atoms with van der Waals surface area (Å²) in [6.45, 7) is 5.79. The summed E-state index contributed by atoms with van der Waals surface area (Å²) < 4.78 is 7.76. The fraction of sp³-hybridized carbons (Fsp3) is 0.526. The molecule has 0 bridgehead atoms. The Morgan fingerprint density at radius 1 is 1.00 bits per heavy atom. The molecule has 0 aliphatic heterocycles. The van der Waals surface area contributed by atoms with Crippen LogP contribution in [0.15, 0.2) is 35.1 Å². The third kappa shape index (κ3) is 4.12. The Balaban J connectivity index is 2.22. The average molecular weight is 301 g/mol.